The second-order valence-electron chi connectivity index (χ2n) is 10.4. The molecule has 0 radical (unpaired) electrons. The van der Waals surface area contributed by atoms with Crippen LogP contribution in [0.1, 0.15) is 102 Å². The van der Waals surface area contributed by atoms with Gasteiger partial charge in [-0.05, 0) is 55.0 Å². The number of phenolic OH excluding ortho intramolecular Hbond substituents is 2. The van der Waals surface area contributed by atoms with Gasteiger partial charge in [-0.25, -0.2) is 4.79 Å². The molecule has 0 bridgehead atoms. The third-order valence-electron chi connectivity index (χ3n) is 7.59. The molecule has 0 fully saturated rings. The summed E-state index contributed by atoms with van der Waals surface area (Å²) in [6.07, 6.45) is 13.2. The molecule has 3 rings (SSSR count). The molecule has 2 aromatic carbocycles. The number of ether oxygens (including phenoxy) is 1. The Morgan fingerprint density at radius 2 is 1.61 bits per heavy atom. The van der Waals surface area contributed by atoms with E-state index in [-0.39, 0.29) is 22.8 Å². The highest BCUT2D eigenvalue weighted by molar-refractivity contribution is 5.86. The van der Waals surface area contributed by atoms with Gasteiger partial charge >= 0.3 is 5.97 Å². The fourth-order valence-corrected chi connectivity index (χ4v) is 5.37. The number of allylic oxidation sites excluding steroid dienone is 1. The Morgan fingerprint density at radius 1 is 0.972 bits per heavy atom. The molecule has 0 aromatic heterocycles. The standard InChI is InChI=1S/C31H42O5/c1-3-4-12-23(30(34)35)13-10-8-6-5-7-9-11-14-28-27-20-19-26(33)21-29(27)36-22-31(28,2)24-15-17-25(32)18-16-24/h12,15-21,28,32-33H,3-11,13-14,22H2,1-2H3,(H,34,35)/b23-12-/t28-,31-/m1/s1. The molecule has 2 aromatic rings. The number of unbranched alkanes of at least 4 members (excludes halogenated alkanes) is 7. The third kappa shape index (κ3) is 7.28. The maximum atomic E-state index is 11.3. The number of aromatic hydroxyl groups is 2. The predicted molar refractivity (Wildman–Crippen MR) is 144 cm³/mol. The largest absolute Gasteiger partial charge is 0.508 e. The maximum Gasteiger partial charge on any atom is 0.331 e. The molecule has 0 unspecified atom stereocenters. The molecule has 36 heavy (non-hydrogen) atoms. The average molecular weight is 495 g/mol. The average Bonchev–Trinajstić information content (AvgIpc) is 2.86. The summed E-state index contributed by atoms with van der Waals surface area (Å²) in [6.45, 7) is 4.83. The first-order valence-corrected chi connectivity index (χ1v) is 13.5. The Labute approximate surface area is 215 Å². The van der Waals surface area contributed by atoms with Crippen molar-refractivity contribution < 1.29 is 24.9 Å². The first-order valence-electron chi connectivity index (χ1n) is 13.5. The summed E-state index contributed by atoms with van der Waals surface area (Å²) < 4.78 is 6.11. The minimum absolute atomic E-state index is 0.217. The molecule has 1 aliphatic heterocycles. The zero-order chi connectivity index (χ0) is 26.0. The van der Waals surface area contributed by atoms with Crippen LogP contribution >= 0.6 is 0 Å². The summed E-state index contributed by atoms with van der Waals surface area (Å²) in [5.74, 6) is 0.738. The molecule has 196 valence electrons. The second kappa shape index (κ2) is 13.4. The van der Waals surface area contributed by atoms with Crippen molar-refractivity contribution in [2.24, 2.45) is 0 Å². The minimum Gasteiger partial charge on any atom is -0.508 e. The van der Waals surface area contributed by atoms with Crippen molar-refractivity contribution >= 4 is 5.97 Å². The lowest BCUT2D eigenvalue weighted by atomic mass is 9.66. The van der Waals surface area contributed by atoms with Gasteiger partial charge in [-0.2, -0.15) is 0 Å². The highest BCUT2D eigenvalue weighted by Gasteiger charge is 2.42. The van der Waals surface area contributed by atoms with Crippen LogP contribution < -0.4 is 4.74 Å². The first-order chi connectivity index (χ1) is 17.3. The number of fused-ring (bicyclic) bond motifs is 1. The summed E-state index contributed by atoms with van der Waals surface area (Å²) in [5, 5.41) is 29.0. The quantitative estimate of drug-likeness (QED) is 0.184. The summed E-state index contributed by atoms with van der Waals surface area (Å²) in [5.41, 5.74) is 2.64. The van der Waals surface area contributed by atoms with Gasteiger partial charge < -0.3 is 20.1 Å². The Hall–Kier alpha value is -2.95. The number of carboxylic acid groups (broad SMARTS) is 1. The van der Waals surface area contributed by atoms with Crippen molar-refractivity contribution in [2.75, 3.05) is 6.61 Å². The fraction of sp³-hybridized carbons (Fsp3) is 0.516. The summed E-state index contributed by atoms with van der Waals surface area (Å²) in [7, 11) is 0. The summed E-state index contributed by atoms with van der Waals surface area (Å²) in [6, 6.07) is 12.9. The number of hydrogen-bond acceptors (Lipinski definition) is 4. The lowest BCUT2D eigenvalue weighted by Gasteiger charge is -2.43. The Balaban J connectivity index is 1.50. The van der Waals surface area contributed by atoms with Crippen LogP contribution in [-0.4, -0.2) is 27.9 Å². The molecule has 1 heterocycles. The number of phenols is 2. The van der Waals surface area contributed by atoms with Crippen LogP contribution in [0.3, 0.4) is 0 Å². The minimum atomic E-state index is -0.771. The van der Waals surface area contributed by atoms with Crippen molar-refractivity contribution in [1.82, 2.24) is 0 Å². The van der Waals surface area contributed by atoms with Gasteiger partial charge in [-0.15, -0.1) is 0 Å². The van der Waals surface area contributed by atoms with Crippen molar-refractivity contribution in [3.63, 3.8) is 0 Å². The number of carbonyl (C=O) groups is 1. The van der Waals surface area contributed by atoms with Crippen LogP contribution in [0.25, 0.3) is 0 Å². The van der Waals surface area contributed by atoms with E-state index in [1.165, 1.54) is 12.8 Å². The van der Waals surface area contributed by atoms with Crippen molar-refractivity contribution in [1.29, 1.82) is 0 Å². The van der Waals surface area contributed by atoms with Crippen LogP contribution in [0.2, 0.25) is 0 Å². The van der Waals surface area contributed by atoms with Gasteiger partial charge in [0.1, 0.15) is 17.2 Å². The van der Waals surface area contributed by atoms with E-state index < -0.39 is 5.97 Å². The monoisotopic (exact) mass is 494 g/mol. The molecule has 0 amide bonds. The molecule has 5 nitrogen and oxygen atoms in total. The molecule has 2 atom stereocenters. The van der Waals surface area contributed by atoms with E-state index in [2.05, 4.69) is 13.8 Å². The number of hydrogen-bond donors (Lipinski definition) is 3. The molecular weight excluding hydrogens is 452 g/mol. The number of aliphatic carboxylic acids is 1. The molecule has 3 N–H and O–H groups in total. The van der Waals surface area contributed by atoms with Crippen LogP contribution in [0, 0.1) is 0 Å². The summed E-state index contributed by atoms with van der Waals surface area (Å²) >= 11 is 0. The van der Waals surface area contributed by atoms with E-state index in [0.29, 0.717) is 18.6 Å². The normalized spacial score (nSPS) is 19.5. The van der Waals surface area contributed by atoms with E-state index in [1.807, 2.05) is 24.3 Å². The molecule has 0 spiro atoms. The first kappa shape index (κ1) is 27.6. The van der Waals surface area contributed by atoms with Crippen LogP contribution in [0.5, 0.6) is 17.2 Å². The van der Waals surface area contributed by atoms with E-state index in [9.17, 15) is 20.1 Å². The molecule has 0 saturated carbocycles. The maximum absolute atomic E-state index is 11.3. The van der Waals surface area contributed by atoms with Gasteiger partial charge in [0.15, 0.2) is 0 Å². The molecule has 5 heteroatoms. The van der Waals surface area contributed by atoms with Crippen molar-refractivity contribution in [3.8, 4) is 17.2 Å². The van der Waals surface area contributed by atoms with Crippen LogP contribution in [0.4, 0.5) is 0 Å². The zero-order valence-electron chi connectivity index (χ0n) is 21.8. The Morgan fingerprint density at radius 3 is 2.28 bits per heavy atom. The molecule has 0 saturated heterocycles. The van der Waals surface area contributed by atoms with Crippen LogP contribution in [-0.2, 0) is 10.2 Å². The smallest absolute Gasteiger partial charge is 0.331 e. The highest BCUT2D eigenvalue weighted by atomic mass is 16.5. The third-order valence-corrected chi connectivity index (χ3v) is 7.59. The number of carboxylic acids is 1. The van der Waals surface area contributed by atoms with Gasteiger partial charge in [0, 0.05) is 23.0 Å². The fourth-order valence-electron chi connectivity index (χ4n) is 5.37. The summed E-state index contributed by atoms with van der Waals surface area (Å²) in [4.78, 5) is 11.3. The van der Waals surface area contributed by atoms with Gasteiger partial charge in [0.25, 0.3) is 0 Å². The van der Waals surface area contributed by atoms with Crippen molar-refractivity contribution in [2.45, 2.75) is 95.8 Å². The Bertz CT molecular complexity index is 1010. The number of benzene rings is 2. The lowest BCUT2D eigenvalue weighted by Crippen LogP contribution is -2.40. The van der Waals surface area contributed by atoms with E-state index in [0.717, 1.165) is 68.2 Å². The lowest BCUT2D eigenvalue weighted by molar-refractivity contribution is -0.132. The SMILES string of the molecule is CCC/C=C(/CCCCCCCCC[C@@H]1c2ccc(O)cc2OC[C@]1(C)c1ccc(O)cc1)C(=O)O. The molecule has 1 aliphatic rings. The second-order valence-corrected chi connectivity index (χ2v) is 10.4. The van der Waals surface area contributed by atoms with E-state index in [1.54, 1.807) is 24.3 Å². The van der Waals surface area contributed by atoms with E-state index >= 15 is 0 Å². The number of rotatable bonds is 14. The van der Waals surface area contributed by atoms with Gasteiger partial charge in [-0.1, -0.05) is 83.1 Å². The zero-order valence-corrected chi connectivity index (χ0v) is 21.8. The van der Waals surface area contributed by atoms with Gasteiger partial charge in [0.05, 0.1) is 6.61 Å². The molecular formula is C31H42O5. The highest BCUT2D eigenvalue weighted by Crippen LogP contribution is 2.49. The topological polar surface area (TPSA) is 87.0 Å². The predicted octanol–water partition coefficient (Wildman–Crippen LogP) is 7.85. The van der Waals surface area contributed by atoms with Crippen molar-refractivity contribution in [3.05, 3.63) is 65.2 Å². The van der Waals surface area contributed by atoms with Gasteiger partial charge in [0.2, 0.25) is 0 Å². The Kier molecular flexibility index (Phi) is 10.3. The van der Waals surface area contributed by atoms with Gasteiger partial charge in [-0.3, -0.25) is 0 Å². The van der Waals surface area contributed by atoms with E-state index in [4.69, 9.17) is 4.74 Å². The van der Waals surface area contributed by atoms with Crippen LogP contribution in [0.15, 0.2) is 54.1 Å². The molecule has 0 aliphatic carbocycles.